The van der Waals surface area contributed by atoms with Crippen LogP contribution < -0.4 is 11.1 Å². The second-order valence-electron chi connectivity index (χ2n) is 3.96. The van der Waals surface area contributed by atoms with Crippen LogP contribution in [0, 0.1) is 5.92 Å². The molecule has 0 fully saturated rings. The van der Waals surface area contributed by atoms with E-state index in [4.69, 9.17) is 5.73 Å². The predicted octanol–water partition coefficient (Wildman–Crippen LogP) is 0.0376. The molecule has 0 aromatic heterocycles. The highest BCUT2D eigenvalue weighted by Crippen LogP contribution is 1.97. The monoisotopic (exact) mass is 201 g/mol. The van der Waals surface area contributed by atoms with Crippen LogP contribution in [0.3, 0.4) is 0 Å². The minimum atomic E-state index is -0.387. The fourth-order valence-electron chi connectivity index (χ4n) is 0.949. The van der Waals surface area contributed by atoms with Gasteiger partial charge in [-0.1, -0.05) is 20.8 Å². The molecule has 0 rings (SSSR count). The summed E-state index contributed by atoms with van der Waals surface area (Å²) in [4.78, 5) is 13.5. The minimum Gasteiger partial charge on any atom is -0.353 e. The zero-order chi connectivity index (χ0) is 11.1. The quantitative estimate of drug-likeness (QED) is 0.638. The molecule has 0 aliphatic heterocycles. The van der Waals surface area contributed by atoms with Gasteiger partial charge in [0.15, 0.2) is 0 Å². The molecular weight excluding hydrogens is 178 g/mol. The summed E-state index contributed by atoms with van der Waals surface area (Å²) in [5, 5.41) is 2.82. The molecule has 4 heteroatoms. The van der Waals surface area contributed by atoms with Crippen LogP contribution in [0.4, 0.5) is 0 Å². The van der Waals surface area contributed by atoms with Crippen molar-refractivity contribution in [1.29, 1.82) is 0 Å². The lowest BCUT2D eigenvalue weighted by molar-refractivity contribution is -0.123. The summed E-state index contributed by atoms with van der Waals surface area (Å²) in [5.41, 5.74) is 5.68. The van der Waals surface area contributed by atoms with Crippen LogP contribution in [0.5, 0.6) is 0 Å². The van der Waals surface area contributed by atoms with Crippen molar-refractivity contribution in [2.24, 2.45) is 11.7 Å². The second-order valence-corrected chi connectivity index (χ2v) is 3.96. The molecule has 0 aliphatic carbocycles. The third kappa shape index (κ3) is 5.19. The smallest absolute Gasteiger partial charge is 0.237 e. The molecule has 1 amide bonds. The molecule has 0 aliphatic rings. The summed E-state index contributed by atoms with van der Waals surface area (Å²) < 4.78 is 0. The molecule has 14 heavy (non-hydrogen) atoms. The molecule has 3 N–H and O–H groups in total. The van der Waals surface area contributed by atoms with E-state index in [1.807, 2.05) is 20.9 Å². The maximum atomic E-state index is 11.4. The van der Waals surface area contributed by atoms with E-state index in [2.05, 4.69) is 17.1 Å². The number of nitrogens with zero attached hydrogens (tertiary/aromatic N) is 1. The lowest BCUT2D eigenvalue weighted by atomic mass is 10.1. The Labute approximate surface area is 86.8 Å². The number of likely N-dealkylation sites (N-methyl/N-ethyl adjacent to an activating group) is 1. The Balaban J connectivity index is 3.64. The van der Waals surface area contributed by atoms with E-state index in [9.17, 15) is 4.79 Å². The number of carbonyl (C=O) groups excluding carboxylic acids is 1. The SMILES string of the molecule is CCN(C)CCNC(=O)C(N)C(C)C. The normalized spacial score (nSPS) is 13.4. The van der Waals surface area contributed by atoms with E-state index in [1.54, 1.807) is 0 Å². The van der Waals surface area contributed by atoms with Crippen molar-refractivity contribution in [2.45, 2.75) is 26.8 Å². The standard InChI is InChI=1S/C10H23N3O/c1-5-13(4)7-6-12-10(14)9(11)8(2)3/h8-9H,5-7,11H2,1-4H3,(H,12,14). The van der Waals surface area contributed by atoms with Crippen LogP contribution >= 0.6 is 0 Å². The number of nitrogens with one attached hydrogen (secondary N) is 1. The average molecular weight is 201 g/mol. The number of hydrogen-bond donors (Lipinski definition) is 2. The third-order valence-electron chi connectivity index (χ3n) is 2.35. The molecule has 0 aromatic carbocycles. The van der Waals surface area contributed by atoms with Gasteiger partial charge in [0.25, 0.3) is 0 Å². The van der Waals surface area contributed by atoms with Gasteiger partial charge in [-0.2, -0.15) is 0 Å². The van der Waals surface area contributed by atoms with Gasteiger partial charge in [-0.05, 0) is 19.5 Å². The van der Waals surface area contributed by atoms with Crippen LogP contribution in [0.1, 0.15) is 20.8 Å². The maximum absolute atomic E-state index is 11.4. The Bertz CT molecular complexity index is 171. The molecule has 0 spiro atoms. The van der Waals surface area contributed by atoms with Crippen LogP contribution in [0.15, 0.2) is 0 Å². The largest absolute Gasteiger partial charge is 0.353 e. The number of carbonyl (C=O) groups is 1. The van der Waals surface area contributed by atoms with E-state index in [-0.39, 0.29) is 17.9 Å². The maximum Gasteiger partial charge on any atom is 0.237 e. The fourth-order valence-corrected chi connectivity index (χ4v) is 0.949. The van der Waals surface area contributed by atoms with E-state index >= 15 is 0 Å². The zero-order valence-electron chi connectivity index (χ0n) is 9.71. The van der Waals surface area contributed by atoms with E-state index in [0.717, 1.165) is 13.1 Å². The first-order valence-corrected chi connectivity index (χ1v) is 5.20. The zero-order valence-corrected chi connectivity index (χ0v) is 9.71. The molecule has 0 aromatic rings. The van der Waals surface area contributed by atoms with Gasteiger partial charge in [0.05, 0.1) is 6.04 Å². The van der Waals surface area contributed by atoms with E-state index < -0.39 is 0 Å². The van der Waals surface area contributed by atoms with Gasteiger partial charge >= 0.3 is 0 Å². The van der Waals surface area contributed by atoms with Crippen molar-refractivity contribution in [3.63, 3.8) is 0 Å². The van der Waals surface area contributed by atoms with Crippen LogP contribution in [0.2, 0.25) is 0 Å². The van der Waals surface area contributed by atoms with Gasteiger partial charge in [0.2, 0.25) is 5.91 Å². The summed E-state index contributed by atoms with van der Waals surface area (Å²) in [7, 11) is 2.02. The van der Waals surface area contributed by atoms with E-state index in [0.29, 0.717) is 6.54 Å². The first-order chi connectivity index (χ1) is 6.49. The van der Waals surface area contributed by atoms with Gasteiger partial charge < -0.3 is 16.0 Å². The number of hydrogen-bond acceptors (Lipinski definition) is 3. The van der Waals surface area contributed by atoms with Gasteiger partial charge in [0, 0.05) is 13.1 Å². The summed E-state index contributed by atoms with van der Waals surface area (Å²) in [6, 6.07) is -0.387. The van der Waals surface area contributed by atoms with Crippen molar-refractivity contribution >= 4 is 5.91 Å². The number of amides is 1. The highest BCUT2D eigenvalue weighted by Gasteiger charge is 2.16. The van der Waals surface area contributed by atoms with Crippen LogP contribution in [-0.4, -0.2) is 43.5 Å². The van der Waals surface area contributed by atoms with Crippen molar-refractivity contribution in [3.05, 3.63) is 0 Å². The highest BCUT2D eigenvalue weighted by molar-refractivity contribution is 5.81. The van der Waals surface area contributed by atoms with Gasteiger partial charge in [-0.3, -0.25) is 4.79 Å². The lowest BCUT2D eigenvalue weighted by Gasteiger charge is -2.17. The van der Waals surface area contributed by atoms with Crippen LogP contribution in [0.25, 0.3) is 0 Å². The number of nitrogens with two attached hydrogens (primary N) is 1. The van der Waals surface area contributed by atoms with Crippen LogP contribution in [-0.2, 0) is 4.79 Å². The Kier molecular flexibility index (Phi) is 6.49. The molecule has 1 atom stereocenters. The Morgan fingerprint density at radius 1 is 1.50 bits per heavy atom. The molecule has 0 bridgehead atoms. The molecular formula is C10H23N3O. The van der Waals surface area contributed by atoms with E-state index in [1.165, 1.54) is 0 Å². The van der Waals surface area contributed by atoms with Gasteiger partial charge in [0.1, 0.15) is 0 Å². The minimum absolute atomic E-state index is 0.0514. The fraction of sp³-hybridized carbons (Fsp3) is 0.900. The third-order valence-corrected chi connectivity index (χ3v) is 2.35. The molecule has 0 heterocycles. The predicted molar refractivity (Wildman–Crippen MR) is 59.0 cm³/mol. The van der Waals surface area contributed by atoms with Crippen molar-refractivity contribution in [3.8, 4) is 0 Å². The first kappa shape index (κ1) is 13.4. The Morgan fingerprint density at radius 3 is 2.50 bits per heavy atom. The summed E-state index contributed by atoms with van der Waals surface area (Å²) in [6.07, 6.45) is 0. The highest BCUT2D eigenvalue weighted by atomic mass is 16.2. The molecule has 1 unspecified atom stereocenters. The number of rotatable bonds is 6. The van der Waals surface area contributed by atoms with Crippen molar-refractivity contribution in [1.82, 2.24) is 10.2 Å². The molecule has 4 nitrogen and oxygen atoms in total. The molecule has 0 saturated carbocycles. The topological polar surface area (TPSA) is 58.4 Å². The van der Waals surface area contributed by atoms with Gasteiger partial charge in [-0.15, -0.1) is 0 Å². The van der Waals surface area contributed by atoms with Gasteiger partial charge in [-0.25, -0.2) is 0 Å². The summed E-state index contributed by atoms with van der Waals surface area (Å²) in [6.45, 7) is 8.51. The molecule has 0 radical (unpaired) electrons. The second kappa shape index (κ2) is 6.79. The first-order valence-electron chi connectivity index (χ1n) is 5.20. The molecule has 0 saturated heterocycles. The molecule has 84 valence electrons. The Morgan fingerprint density at radius 2 is 2.07 bits per heavy atom. The lowest BCUT2D eigenvalue weighted by Crippen LogP contribution is -2.45. The average Bonchev–Trinajstić information content (AvgIpc) is 2.15. The summed E-state index contributed by atoms with van der Waals surface area (Å²) >= 11 is 0. The Hall–Kier alpha value is -0.610. The van der Waals surface area contributed by atoms with Crippen molar-refractivity contribution in [2.75, 3.05) is 26.7 Å². The van der Waals surface area contributed by atoms with Crippen molar-refractivity contribution < 1.29 is 4.79 Å². The summed E-state index contributed by atoms with van der Waals surface area (Å²) in [5.74, 6) is 0.142.